The molecule has 1 aromatic carbocycles. The van der Waals surface area contributed by atoms with E-state index in [9.17, 15) is 4.79 Å². The maximum atomic E-state index is 11.8. The van der Waals surface area contributed by atoms with Crippen molar-refractivity contribution in [2.24, 2.45) is 0 Å². The molecule has 0 saturated heterocycles. The number of aliphatic hydroxyl groups excluding tert-OH is 1. The summed E-state index contributed by atoms with van der Waals surface area (Å²) in [4.78, 5) is 13.3. The van der Waals surface area contributed by atoms with Crippen molar-refractivity contribution in [3.63, 3.8) is 0 Å². The SMILES string of the molecule is Cc1cc(C)c(NC(=O)N(C)CCO)c(C)c1. The molecule has 0 heterocycles. The maximum Gasteiger partial charge on any atom is 0.321 e. The fourth-order valence-corrected chi connectivity index (χ4v) is 1.83. The van der Waals surface area contributed by atoms with E-state index in [1.54, 1.807) is 7.05 Å². The number of carbonyl (C=O) groups is 1. The third kappa shape index (κ3) is 3.46. The van der Waals surface area contributed by atoms with Crippen LogP contribution in [0.1, 0.15) is 16.7 Å². The summed E-state index contributed by atoms with van der Waals surface area (Å²) in [6, 6.07) is 3.87. The highest BCUT2D eigenvalue weighted by atomic mass is 16.3. The molecule has 0 saturated carbocycles. The van der Waals surface area contributed by atoms with Gasteiger partial charge in [0.1, 0.15) is 0 Å². The highest BCUT2D eigenvalue weighted by Gasteiger charge is 2.11. The van der Waals surface area contributed by atoms with Crippen LogP contribution >= 0.6 is 0 Å². The van der Waals surface area contributed by atoms with Crippen LogP contribution in [-0.4, -0.2) is 36.2 Å². The Morgan fingerprint density at radius 1 is 1.29 bits per heavy atom. The van der Waals surface area contributed by atoms with Crippen LogP contribution in [0.2, 0.25) is 0 Å². The van der Waals surface area contributed by atoms with Gasteiger partial charge in [-0.2, -0.15) is 0 Å². The number of amides is 2. The molecule has 1 rings (SSSR count). The highest BCUT2D eigenvalue weighted by Crippen LogP contribution is 2.22. The Balaban J connectivity index is 2.85. The van der Waals surface area contributed by atoms with Crippen molar-refractivity contribution in [2.45, 2.75) is 20.8 Å². The Hall–Kier alpha value is -1.55. The fraction of sp³-hybridized carbons (Fsp3) is 0.462. The number of urea groups is 1. The maximum absolute atomic E-state index is 11.8. The molecule has 0 bridgehead atoms. The summed E-state index contributed by atoms with van der Waals surface area (Å²) in [5.74, 6) is 0. The van der Waals surface area contributed by atoms with Gasteiger partial charge in [-0.25, -0.2) is 4.79 Å². The molecule has 0 aromatic heterocycles. The van der Waals surface area contributed by atoms with E-state index in [1.165, 1.54) is 10.5 Å². The van der Waals surface area contributed by atoms with Gasteiger partial charge in [0, 0.05) is 19.3 Å². The molecule has 0 atom stereocenters. The number of nitrogens with one attached hydrogen (secondary N) is 1. The van der Waals surface area contributed by atoms with Crippen LogP contribution in [0, 0.1) is 20.8 Å². The number of anilines is 1. The van der Waals surface area contributed by atoms with Crippen LogP contribution in [0.5, 0.6) is 0 Å². The van der Waals surface area contributed by atoms with Gasteiger partial charge in [-0.1, -0.05) is 17.7 Å². The summed E-state index contributed by atoms with van der Waals surface area (Å²) in [5.41, 5.74) is 4.13. The normalized spacial score (nSPS) is 10.2. The van der Waals surface area contributed by atoms with Gasteiger partial charge in [0.05, 0.1) is 6.61 Å². The predicted octanol–water partition coefficient (Wildman–Crippen LogP) is 2.07. The molecule has 0 aliphatic rings. The first kappa shape index (κ1) is 13.5. The van der Waals surface area contributed by atoms with E-state index in [0.717, 1.165) is 16.8 Å². The largest absolute Gasteiger partial charge is 0.395 e. The summed E-state index contributed by atoms with van der Waals surface area (Å²) in [5, 5.41) is 11.6. The number of hydrogen-bond acceptors (Lipinski definition) is 2. The molecular formula is C13H20N2O2. The molecule has 17 heavy (non-hydrogen) atoms. The molecule has 0 radical (unpaired) electrons. The van der Waals surface area contributed by atoms with Crippen LogP contribution in [0.25, 0.3) is 0 Å². The smallest absolute Gasteiger partial charge is 0.321 e. The van der Waals surface area contributed by atoms with E-state index < -0.39 is 0 Å². The molecule has 2 N–H and O–H groups in total. The Morgan fingerprint density at radius 3 is 2.29 bits per heavy atom. The first-order valence-corrected chi connectivity index (χ1v) is 5.66. The summed E-state index contributed by atoms with van der Waals surface area (Å²) in [6.45, 7) is 6.28. The van der Waals surface area contributed by atoms with Crippen molar-refractivity contribution in [1.82, 2.24) is 4.90 Å². The fourth-order valence-electron chi connectivity index (χ4n) is 1.83. The van der Waals surface area contributed by atoms with Gasteiger partial charge < -0.3 is 15.3 Å². The van der Waals surface area contributed by atoms with Gasteiger partial charge in [-0.3, -0.25) is 0 Å². The van der Waals surface area contributed by atoms with E-state index in [-0.39, 0.29) is 12.6 Å². The number of hydrogen-bond donors (Lipinski definition) is 2. The summed E-state index contributed by atoms with van der Waals surface area (Å²) in [6.07, 6.45) is 0. The molecule has 0 unspecified atom stereocenters. The second-order valence-corrected chi connectivity index (χ2v) is 4.35. The van der Waals surface area contributed by atoms with Crippen molar-refractivity contribution in [3.05, 3.63) is 28.8 Å². The van der Waals surface area contributed by atoms with Crippen molar-refractivity contribution < 1.29 is 9.90 Å². The minimum absolute atomic E-state index is 0.0320. The number of aliphatic hydroxyl groups is 1. The Bertz CT molecular complexity index is 393. The quantitative estimate of drug-likeness (QED) is 0.844. The van der Waals surface area contributed by atoms with Crippen molar-refractivity contribution in [1.29, 1.82) is 0 Å². The first-order valence-electron chi connectivity index (χ1n) is 5.66. The third-order valence-corrected chi connectivity index (χ3v) is 2.69. The predicted molar refractivity (Wildman–Crippen MR) is 69.4 cm³/mol. The lowest BCUT2D eigenvalue weighted by molar-refractivity contribution is 0.202. The van der Waals surface area contributed by atoms with Crippen LogP contribution < -0.4 is 5.32 Å². The van der Waals surface area contributed by atoms with E-state index in [1.807, 2.05) is 32.9 Å². The second kappa shape index (κ2) is 5.68. The molecule has 94 valence electrons. The van der Waals surface area contributed by atoms with Gasteiger partial charge in [-0.05, 0) is 31.9 Å². The summed E-state index contributed by atoms with van der Waals surface area (Å²) < 4.78 is 0. The van der Waals surface area contributed by atoms with Gasteiger partial charge in [-0.15, -0.1) is 0 Å². The third-order valence-electron chi connectivity index (χ3n) is 2.69. The van der Waals surface area contributed by atoms with Crippen LogP contribution in [0.4, 0.5) is 10.5 Å². The van der Waals surface area contributed by atoms with E-state index in [0.29, 0.717) is 6.54 Å². The zero-order valence-electron chi connectivity index (χ0n) is 10.9. The lowest BCUT2D eigenvalue weighted by Gasteiger charge is -2.19. The molecule has 2 amide bonds. The molecule has 0 aliphatic carbocycles. The topological polar surface area (TPSA) is 52.6 Å². The number of aryl methyl sites for hydroxylation is 3. The van der Waals surface area contributed by atoms with Crippen LogP contribution in [0.3, 0.4) is 0 Å². The zero-order chi connectivity index (χ0) is 13.0. The number of rotatable bonds is 3. The average Bonchev–Trinajstić information content (AvgIpc) is 2.23. The first-order chi connectivity index (χ1) is 7.95. The Kier molecular flexibility index (Phi) is 4.52. The molecule has 1 aromatic rings. The number of nitrogens with zero attached hydrogens (tertiary/aromatic N) is 1. The van der Waals surface area contributed by atoms with Gasteiger partial charge in [0.15, 0.2) is 0 Å². The lowest BCUT2D eigenvalue weighted by Crippen LogP contribution is -2.33. The monoisotopic (exact) mass is 236 g/mol. The standard InChI is InChI=1S/C13H20N2O2/c1-9-7-10(2)12(11(3)8-9)14-13(17)15(4)5-6-16/h7-8,16H,5-6H2,1-4H3,(H,14,17). The van der Waals surface area contributed by atoms with E-state index in [2.05, 4.69) is 5.32 Å². The van der Waals surface area contributed by atoms with Gasteiger partial charge >= 0.3 is 6.03 Å². The van der Waals surface area contributed by atoms with Gasteiger partial charge in [0.2, 0.25) is 0 Å². The number of benzene rings is 1. The zero-order valence-corrected chi connectivity index (χ0v) is 10.9. The minimum Gasteiger partial charge on any atom is -0.395 e. The minimum atomic E-state index is -0.200. The second-order valence-electron chi connectivity index (χ2n) is 4.35. The summed E-state index contributed by atoms with van der Waals surface area (Å²) >= 11 is 0. The Labute approximate surface area is 102 Å². The van der Waals surface area contributed by atoms with E-state index in [4.69, 9.17) is 5.11 Å². The molecule has 0 fully saturated rings. The Morgan fingerprint density at radius 2 is 1.82 bits per heavy atom. The van der Waals surface area contributed by atoms with Crippen molar-refractivity contribution in [3.8, 4) is 0 Å². The lowest BCUT2D eigenvalue weighted by atomic mass is 10.1. The summed E-state index contributed by atoms with van der Waals surface area (Å²) in [7, 11) is 1.66. The van der Waals surface area contributed by atoms with Gasteiger partial charge in [0.25, 0.3) is 0 Å². The molecule has 0 spiro atoms. The molecule has 0 aliphatic heterocycles. The van der Waals surface area contributed by atoms with Crippen LogP contribution in [0.15, 0.2) is 12.1 Å². The highest BCUT2D eigenvalue weighted by molar-refractivity contribution is 5.91. The van der Waals surface area contributed by atoms with E-state index >= 15 is 0 Å². The van der Waals surface area contributed by atoms with Crippen molar-refractivity contribution >= 4 is 11.7 Å². The molecule has 4 nitrogen and oxygen atoms in total. The number of likely N-dealkylation sites (N-methyl/N-ethyl adjacent to an activating group) is 1. The molecule has 4 heteroatoms. The molecular weight excluding hydrogens is 216 g/mol. The van der Waals surface area contributed by atoms with Crippen molar-refractivity contribution in [2.75, 3.05) is 25.5 Å². The van der Waals surface area contributed by atoms with Crippen LogP contribution in [-0.2, 0) is 0 Å². The average molecular weight is 236 g/mol. The number of carbonyl (C=O) groups excluding carboxylic acids is 1.